The Morgan fingerprint density at radius 3 is 2.58 bits per heavy atom. The van der Waals surface area contributed by atoms with Crippen molar-refractivity contribution in [2.75, 3.05) is 31.8 Å². The second-order valence-corrected chi connectivity index (χ2v) is 8.52. The number of carbonyl (C=O) groups is 3. The van der Waals surface area contributed by atoms with Gasteiger partial charge < -0.3 is 19.5 Å². The van der Waals surface area contributed by atoms with Crippen LogP contribution in [0.3, 0.4) is 0 Å². The zero-order valence-corrected chi connectivity index (χ0v) is 20.4. The number of fused-ring (bicyclic) bond motifs is 1. The zero-order valence-electron chi connectivity index (χ0n) is 20.4. The van der Waals surface area contributed by atoms with E-state index in [9.17, 15) is 14.4 Å². The van der Waals surface area contributed by atoms with E-state index in [4.69, 9.17) is 14.2 Å². The number of hydrogen-bond acceptors (Lipinski definition) is 6. The van der Waals surface area contributed by atoms with Gasteiger partial charge in [0.2, 0.25) is 5.91 Å². The number of nitrogens with one attached hydrogen (secondary N) is 1. The Morgan fingerprint density at radius 2 is 1.83 bits per heavy atom. The number of anilines is 1. The largest absolute Gasteiger partial charge is 0.493 e. The maximum atomic E-state index is 12.9. The maximum absolute atomic E-state index is 12.9. The van der Waals surface area contributed by atoms with Crippen LogP contribution in [0.15, 0.2) is 66.7 Å². The Labute approximate surface area is 209 Å². The van der Waals surface area contributed by atoms with Crippen LogP contribution in [0.4, 0.5) is 5.69 Å². The first kappa shape index (κ1) is 24.8. The highest BCUT2D eigenvalue weighted by Gasteiger charge is 2.29. The van der Waals surface area contributed by atoms with Gasteiger partial charge in [0, 0.05) is 5.56 Å². The van der Waals surface area contributed by atoms with Crippen molar-refractivity contribution in [3.63, 3.8) is 0 Å². The molecule has 3 aromatic carbocycles. The molecule has 4 rings (SSSR count). The molecule has 36 heavy (non-hydrogen) atoms. The first-order valence-corrected chi connectivity index (χ1v) is 11.6. The van der Waals surface area contributed by atoms with E-state index in [2.05, 4.69) is 5.32 Å². The SMILES string of the molecule is COc1cc(C)ccc1OCC(=O)c1ccc2c(c1)N(CC(=O)N[C@H](C)c1ccccc1)C(=O)CO2. The number of methoxy groups -OCH3 is 1. The molecule has 0 fully saturated rings. The van der Waals surface area contributed by atoms with Crippen molar-refractivity contribution >= 4 is 23.3 Å². The number of aryl methyl sites for hydroxylation is 1. The molecule has 3 aromatic rings. The van der Waals surface area contributed by atoms with E-state index in [0.717, 1.165) is 11.1 Å². The van der Waals surface area contributed by atoms with E-state index >= 15 is 0 Å². The molecule has 1 aliphatic rings. The molecule has 0 saturated carbocycles. The van der Waals surface area contributed by atoms with Crippen LogP contribution in [-0.2, 0) is 9.59 Å². The van der Waals surface area contributed by atoms with Crippen LogP contribution in [0.1, 0.15) is 34.5 Å². The highest BCUT2D eigenvalue weighted by molar-refractivity contribution is 6.04. The molecule has 2 amide bonds. The second kappa shape index (κ2) is 10.9. The molecule has 1 aliphatic heterocycles. The van der Waals surface area contributed by atoms with Gasteiger partial charge in [0.25, 0.3) is 5.91 Å². The third kappa shape index (κ3) is 5.66. The van der Waals surface area contributed by atoms with Crippen molar-refractivity contribution in [3.05, 3.63) is 83.4 Å². The van der Waals surface area contributed by atoms with E-state index < -0.39 is 0 Å². The Morgan fingerprint density at radius 1 is 1.06 bits per heavy atom. The molecule has 8 heteroatoms. The van der Waals surface area contributed by atoms with Gasteiger partial charge in [-0.1, -0.05) is 36.4 Å². The van der Waals surface area contributed by atoms with Crippen LogP contribution in [0, 0.1) is 6.92 Å². The minimum absolute atomic E-state index is 0.182. The standard InChI is InChI=1S/C28H28N2O6/c1-18-9-11-25(26(13-18)34-3)35-16-23(31)21-10-12-24-22(14-21)30(28(33)17-36-24)15-27(32)29-19(2)20-7-5-4-6-8-20/h4-14,19H,15-17H2,1-3H3,(H,29,32)/t19-/m1/s1. The van der Waals surface area contributed by atoms with Crippen molar-refractivity contribution in [2.24, 2.45) is 0 Å². The number of ether oxygens (including phenoxy) is 3. The van der Waals surface area contributed by atoms with Crippen LogP contribution in [0.25, 0.3) is 0 Å². The summed E-state index contributed by atoms with van der Waals surface area (Å²) in [5, 5.41) is 2.91. The van der Waals surface area contributed by atoms with Crippen molar-refractivity contribution in [1.29, 1.82) is 0 Å². The van der Waals surface area contributed by atoms with E-state index in [0.29, 0.717) is 28.5 Å². The van der Waals surface area contributed by atoms with Crippen molar-refractivity contribution in [3.8, 4) is 17.2 Å². The summed E-state index contributed by atoms with van der Waals surface area (Å²) in [5.74, 6) is 0.443. The summed E-state index contributed by atoms with van der Waals surface area (Å²) in [5.41, 5.74) is 2.67. The molecule has 186 valence electrons. The fourth-order valence-electron chi connectivity index (χ4n) is 3.93. The highest BCUT2D eigenvalue weighted by atomic mass is 16.5. The maximum Gasteiger partial charge on any atom is 0.265 e. The molecule has 0 radical (unpaired) electrons. The third-order valence-electron chi connectivity index (χ3n) is 5.88. The Kier molecular flexibility index (Phi) is 7.53. The first-order valence-electron chi connectivity index (χ1n) is 11.6. The molecular weight excluding hydrogens is 460 g/mol. The summed E-state index contributed by atoms with van der Waals surface area (Å²) in [6.07, 6.45) is 0. The molecule has 1 N–H and O–H groups in total. The second-order valence-electron chi connectivity index (χ2n) is 8.52. The molecule has 1 atom stereocenters. The van der Waals surface area contributed by atoms with E-state index in [-0.39, 0.29) is 43.4 Å². The fraction of sp³-hybridized carbons (Fsp3) is 0.250. The van der Waals surface area contributed by atoms with Gasteiger partial charge in [0.1, 0.15) is 12.3 Å². The van der Waals surface area contributed by atoms with Gasteiger partial charge in [-0.05, 0) is 55.3 Å². The van der Waals surface area contributed by atoms with Gasteiger partial charge >= 0.3 is 0 Å². The Balaban J connectivity index is 1.47. The number of ketones is 1. The summed E-state index contributed by atoms with van der Waals surface area (Å²) in [6.45, 7) is 3.21. The van der Waals surface area contributed by atoms with Crippen LogP contribution in [0.5, 0.6) is 17.2 Å². The number of benzene rings is 3. The molecule has 1 heterocycles. The number of amides is 2. The lowest BCUT2D eigenvalue weighted by Gasteiger charge is -2.29. The topological polar surface area (TPSA) is 94.2 Å². The van der Waals surface area contributed by atoms with Crippen molar-refractivity contribution in [1.82, 2.24) is 5.32 Å². The van der Waals surface area contributed by atoms with Gasteiger partial charge in [-0.25, -0.2) is 0 Å². The number of nitrogens with zero attached hydrogens (tertiary/aromatic N) is 1. The molecule has 0 aromatic heterocycles. The Hall–Kier alpha value is -4.33. The number of Topliss-reactive ketones (excluding diaryl/α,β-unsaturated/α-hetero) is 1. The third-order valence-corrected chi connectivity index (χ3v) is 5.88. The van der Waals surface area contributed by atoms with Gasteiger partial charge in [0.05, 0.1) is 18.8 Å². The Bertz CT molecular complexity index is 1270. The van der Waals surface area contributed by atoms with Crippen LogP contribution in [-0.4, -0.2) is 44.5 Å². The first-order chi connectivity index (χ1) is 17.4. The quantitative estimate of drug-likeness (QED) is 0.460. The number of hydrogen-bond donors (Lipinski definition) is 1. The monoisotopic (exact) mass is 488 g/mol. The van der Waals surface area contributed by atoms with Crippen molar-refractivity contribution < 1.29 is 28.6 Å². The lowest BCUT2D eigenvalue weighted by atomic mass is 10.1. The highest BCUT2D eigenvalue weighted by Crippen LogP contribution is 2.33. The zero-order chi connectivity index (χ0) is 25.7. The number of carbonyl (C=O) groups excluding carboxylic acids is 3. The molecule has 8 nitrogen and oxygen atoms in total. The van der Waals surface area contributed by atoms with Gasteiger partial charge in [-0.2, -0.15) is 0 Å². The molecule has 0 aliphatic carbocycles. The number of rotatable bonds is 9. The lowest BCUT2D eigenvalue weighted by molar-refractivity contribution is -0.125. The lowest BCUT2D eigenvalue weighted by Crippen LogP contribution is -2.45. The predicted octanol–water partition coefficient (Wildman–Crippen LogP) is 3.87. The predicted molar refractivity (Wildman–Crippen MR) is 135 cm³/mol. The minimum atomic E-state index is -0.366. The normalized spacial score (nSPS) is 13.3. The van der Waals surface area contributed by atoms with Crippen LogP contribution < -0.4 is 24.4 Å². The smallest absolute Gasteiger partial charge is 0.265 e. The average Bonchev–Trinajstić information content (AvgIpc) is 2.89. The molecule has 0 bridgehead atoms. The van der Waals surface area contributed by atoms with Crippen LogP contribution in [0.2, 0.25) is 0 Å². The van der Waals surface area contributed by atoms with Gasteiger partial charge in [-0.3, -0.25) is 19.3 Å². The average molecular weight is 489 g/mol. The molecular formula is C28H28N2O6. The minimum Gasteiger partial charge on any atom is -0.493 e. The summed E-state index contributed by atoms with van der Waals surface area (Å²) < 4.78 is 16.5. The van der Waals surface area contributed by atoms with Gasteiger partial charge in [0.15, 0.2) is 30.5 Å². The van der Waals surface area contributed by atoms with E-state index in [1.54, 1.807) is 24.3 Å². The van der Waals surface area contributed by atoms with E-state index in [1.165, 1.54) is 12.0 Å². The van der Waals surface area contributed by atoms with E-state index in [1.807, 2.05) is 56.3 Å². The molecule has 0 unspecified atom stereocenters. The summed E-state index contributed by atoms with van der Waals surface area (Å²) in [4.78, 5) is 39.6. The molecule has 0 saturated heterocycles. The summed E-state index contributed by atoms with van der Waals surface area (Å²) >= 11 is 0. The van der Waals surface area contributed by atoms with Crippen molar-refractivity contribution in [2.45, 2.75) is 19.9 Å². The van der Waals surface area contributed by atoms with Crippen LogP contribution >= 0.6 is 0 Å². The fourth-order valence-corrected chi connectivity index (χ4v) is 3.93. The summed E-state index contributed by atoms with van der Waals surface area (Å²) in [6, 6.07) is 19.6. The van der Waals surface area contributed by atoms with Gasteiger partial charge in [-0.15, -0.1) is 0 Å². The molecule has 0 spiro atoms. The summed E-state index contributed by atoms with van der Waals surface area (Å²) in [7, 11) is 1.54.